The molecule has 28 heavy (non-hydrogen) atoms. The molecule has 0 spiro atoms. The first-order chi connectivity index (χ1) is 13.2. The highest BCUT2D eigenvalue weighted by atomic mass is 19.4. The summed E-state index contributed by atoms with van der Waals surface area (Å²) in [6.45, 7) is 4.87. The zero-order chi connectivity index (χ0) is 20.7. The molecule has 2 aromatic rings. The number of nitrogens with one attached hydrogen (secondary N) is 4. The van der Waals surface area contributed by atoms with Crippen molar-refractivity contribution in [2.24, 2.45) is 0 Å². The van der Waals surface area contributed by atoms with Crippen LogP contribution in [0.1, 0.15) is 18.2 Å². The van der Waals surface area contributed by atoms with E-state index in [0.29, 0.717) is 37.0 Å². The van der Waals surface area contributed by atoms with Gasteiger partial charge in [0.1, 0.15) is 11.6 Å². The number of carbonyl (C=O) groups excluding carboxylic acids is 1. The van der Waals surface area contributed by atoms with Gasteiger partial charge in [0.2, 0.25) is 5.95 Å². The summed E-state index contributed by atoms with van der Waals surface area (Å²) in [6.07, 6.45) is -4.71. The first-order valence-electron chi connectivity index (χ1n) is 8.43. The van der Waals surface area contributed by atoms with Crippen LogP contribution in [0.2, 0.25) is 0 Å². The van der Waals surface area contributed by atoms with Crippen molar-refractivity contribution in [2.75, 3.05) is 35.6 Å². The summed E-state index contributed by atoms with van der Waals surface area (Å²) in [7, 11) is 0. The van der Waals surface area contributed by atoms with Gasteiger partial charge in [-0.2, -0.15) is 18.2 Å². The van der Waals surface area contributed by atoms with E-state index < -0.39 is 23.6 Å². The highest BCUT2D eigenvalue weighted by molar-refractivity contribution is 5.89. The lowest BCUT2D eigenvalue weighted by Gasteiger charge is -2.12. The number of alkyl halides is 3. The maximum atomic E-state index is 13.3. The molecule has 1 heterocycles. The summed E-state index contributed by atoms with van der Waals surface area (Å²) >= 11 is 0. The Labute approximate surface area is 159 Å². The molecule has 1 aromatic heterocycles. The summed E-state index contributed by atoms with van der Waals surface area (Å²) in [5.74, 6) is -0.0599. The van der Waals surface area contributed by atoms with Crippen molar-refractivity contribution in [2.45, 2.75) is 20.0 Å². The first kappa shape index (κ1) is 21.2. The fourth-order valence-corrected chi connectivity index (χ4v) is 2.26. The molecule has 0 unspecified atom stereocenters. The SMILES string of the molecule is CCNc1nc(C)cc(NCCNC(=O)Nc2cc(F)cc(C(F)(F)F)c2)n1. The number of carbonyl (C=O) groups is 1. The molecule has 0 aliphatic rings. The van der Waals surface area contributed by atoms with E-state index in [1.165, 1.54) is 0 Å². The third kappa shape index (κ3) is 6.56. The highest BCUT2D eigenvalue weighted by Gasteiger charge is 2.31. The van der Waals surface area contributed by atoms with E-state index in [1.54, 1.807) is 6.07 Å². The fourth-order valence-electron chi connectivity index (χ4n) is 2.26. The molecular formula is C17H20F4N6O. The number of benzene rings is 1. The third-order valence-electron chi connectivity index (χ3n) is 3.39. The molecule has 0 fully saturated rings. The average molecular weight is 400 g/mol. The van der Waals surface area contributed by atoms with Crippen molar-refractivity contribution in [1.82, 2.24) is 15.3 Å². The molecule has 4 N–H and O–H groups in total. The zero-order valence-corrected chi connectivity index (χ0v) is 15.2. The van der Waals surface area contributed by atoms with E-state index in [-0.39, 0.29) is 12.2 Å². The minimum absolute atomic E-state index is 0.160. The molecule has 2 amide bonds. The molecule has 0 radical (unpaired) electrons. The molecule has 152 valence electrons. The number of hydrogen-bond donors (Lipinski definition) is 4. The fraction of sp³-hybridized carbons (Fsp3) is 0.353. The molecule has 0 saturated heterocycles. The van der Waals surface area contributed by atoms with Crippen LogP contribution in [-0.4, -0.2) is 35.6 Å². The van der Waals surface area contributed by atoms with E-state index in [4.69, 9.17) is 0 Å². The van der Waals surface area contributed by atoms with Gasteiger partial charge in [-0.1, -0.05) is 0 Å². The molecule has 11 heteroatoms. The molecule has 0 atom stereocenters. The number of rotatable bonds is 7. The number of halogens is 4. The topological polar surface area (TPSA) is 91.0 Å². The molecule has 0 aliphatic carbocycles. The number of aromatic nitrogens is 2. The van der Waals surface area contributed by atoms with Crippen LogP contribution in [0, 0.1) is 12.7 Å². The van der Waals surface area contributed by atoms with E-state index in [1.807, 2.05) is 13.8 Å². The Bertz CT molecular complexity index is 828. The summed E-state index contributed by atoms with van der Waals surface area (Å²) < 4.78 is 51.4. The normalized spacial score (nSPS) is 11.1. The predicted octanol–water partition coefficient (Wildman–Crippen LogP) is 3.61. The summed E-state index contributed by atoms with van der Waals surface area (Å²) in [5.41, 5.74) is -0.717. The van der Waals surface area contributed by atoms with Crippen LogP contribution in [0.15, 0.2) is 24.3 Å². The monoisotopic (exact) mass is 400 g/mol. The lowest BCUT2D eigenvalue weighted by Crippen LogP contribution is -2.32. The van der Waals surface area contributed by atoms with Crippen molar-refractivity contribution in [3.8, 4) is 0 Å². The number of anilines is 3. The van der Waals surface area contributed by atoms with Crippen molar-refractivity contribution in [3.05, 3.63) is 41.3 Å². The van der Waals surface area contributed by atoms with E-state index in [0.717, 1.165) is 11.8 Å². The Kier molecular flexibility index (Phi) is 6.96. The molecule has 2 rings (SSSR count). The predicted molar refractivity (Wildman–Crippen MR) is 97.8 cm³/mol. The second-order valence-electron chi connectivity index (χ2n) is 5.78. The van der Waals surface area contributed by atoms with Gasteiger partial charge in [-0.05, 0) is 32.0 Å². The summed E-state index contributed by atoms with van der Waals surface area (Å²) in [4.78, 5) is 20.2. The molecular weight excluding hydrogens is 380 g/mol. The second-order valence-corrected chi connectivity index (χ2v) is 5.78. The Morgan fingerprint density at radius 2 is 1.82 bits per heavy atom. The minimum atomic E-state index is -4.71. The molecule has 0 bridgehead atoms. The Morgan fingerprint density at radius 3 is 2.50 bits per heavy atom. The van der Waals surface area contributed by atoms with Crippen molar-refractivity contribution in [1.29, 1.82) is 0 Å². The van der Waals surface area contributed by atoms with Crippen LogP contribution < -0.4 is 21.3 Å². The van der Waals surface area contributed by atoms with Gasteiger partial charge in [-0.15, -0.1) is 0 Å². The van der Waals surface area contributed by atoms with Crippen LogP contribution in [0.3, 0.4) is 0 Å². The molecule has 0 saturated carbocycles. The minimum Gasteiger partial charge on any atom is -0.368 e. The van der Waals surface area contributed by atoms with Gasteiger partial charge < -0.3 is 21.3 Å². The van der Waals surface area contributed by atoms with E-state index in [2.05, 4.69) is 31.2 Å². The van der Waals surface area contributed by atoms with Gasteiger partial charge >= 0.3 is 12.2 Å². The van der Waals surface area contributed by atoms with Crippen LogP contribution in [0.5, 0.6) is 0 Å². The van der Waals surface area contributed by atoms with Gasteiger partial charge in [-0.25, -0.2) is 14.2 Å². The van der Waals surface area contributed by atoms with Crippen molar-refractivity contribution < 1.29 is 22.4 Å². The van der Waals surface area contributed by atoms with Gasteiger partial charge in [0.05, 0.1) is 5.56 Å². The van der Waals surface area contributed by atoms with E-state index >= 15 is 0 Å². The quantitative estimate of drug-likeness (QED) is 0.421. The number of nitrogens with zero attached hydrogens (tertiary/aromatic N) is 2. The lowest BCUT2D eigenvalue weighted by atomic mass is 10.2. The van der Waals surface area contributed by atoms with Crippen LogP contribution in [-0.2, 0) is 6.18 Å². The Morgan fingerprint density at radius 1 is 1.07 bits per heavy atom. The Hall–Kier alpha value is -3.11. The molecule has 0 aliphatic heterocycles. The molecule has 7 nitrogen and oxygen atoms in total. The van der Waals surface area contributed by atoms with Gasteiger partial charge in [-0.3, -0.25) is 0 Å². The Balaban J connectivity index is 1.84. The second kappa shape index (κ2) is 9.20. The summed E-state index contributed by atoms with van der Waals surface area (Å²) in [6, 6.07) is 2.80. The smallest absolute Gasteiger partial charge is 0.368 e. The highest BCUT2D eigenvalue weighted by Crippen LogP contribution is 2.31. The third-order valence-corrected chi connectivity index (χ3v) is 3.39. The van der Waals surface area contributed by atoms with Crippen LogP contribution >= 0.6 is 0 Å². The van der Waals surface area contributed by atoms with Crippen LogP contribution in [0.4, 0.5) is 39.8 Å². The van der Waals surface area contributed by atoms with Crippen molar-refractivity contribution >= 4 is 23.5 Å². The number of aryl methyl sites for hydroxylation is 1. The van der Waals surface area contributed by atoms with Gasteiger partial charge in [0.25, 0.3) is 0 Å². The maximum absolute atomic E-state index is 13.3. The number of hydrogen-bond acceptors (Lipinski definition) is 5. The van der Waals surface area contributed by atoms with Gasteiger partial charge in [0.15, 0.2) is 0 Å². The average Bonchev–Trinajstić information content (AvgIpc) is 2.57. The van der Waals surface area contributed by atoms with Crippen LogP contribution in [0.25, 0.3) is 0 Å². The number of urea groups is 1. The lowest BCUT2D eigenvalue weighted by molar-refractivity contribution is -0.137. The van der Waals surface area contributed by atoms with Gasteiger partial charge in [0, 0.05) is 37.1 Å². The van der Waals surface area contributed by atoms with E-state index in [9.17, 15) is 22.4 Å². The maximum Gasteiger partial charge on any atom is 0.416 e. The van der Waals surface area contributed by atoms with Crippen molar-refractivity contribution in [3.63, 3.8) is 0 Å². The summed E-state index contributed by atoms with van der Waals surface area (Å²) in [5, 5.41) is 10.6. The molecule has 1 aromatic carbocycles. The zero-order valence-electron chi connectivity index (χ0n) is 15.2. The largest absolute Gasteiger partial charge is 0.416 e. The first-order valence-corrected chi connectivity index (χ1v) is 8.43. The standard InChI is InChI=1S/C17H20F4N6O/c1-3-22-15-25-10(2)6-14(27-15)23-4-5-24-16(28)26-13-8-11(17(19,20)21)7-12(18)9-13/h6-9H,3-5H2,1-2H3,(H2,24,26,28)(H2,22,23,25,27). The number of amides is 2.